The average molecular weight is 293 g/mol. The van der Waals surface area contributed by atoms with Gasteiger partial charge in [0.05, 0.1) is 12.6 Å². The molecule has 4 heteroatoms. The van der Waals surface area contributed by atoms with Crippen molar-refractivity contribution in [3.05, 3.63) is 48.7 Å². The summed E-state index contributed by atoms with van der Waals surface area (Å²) in [5.74, 6) is 1.45. The van der Waals surface area contributed by atoms with Crippen LogP contribution in [0.1, 0.15) is 13.8 Å². The number of hydrogen-bond acceptors (Lipinski definition) is 4. The number of nitrogens with zero attached hydrogens (tertiary/aromatic N) is 2. The quantitative estimate of drug-likeness (QED) is 0.786. The lowest BCUT2D eigenvalue weighted by atomic mass is 10.0. The van der Waals surface area contributed by atoms with Crippen molar-refractivity contribution >= 4 is 16.9 Å². The molecule has 112 valence electrons. The molecule has 0 aliphatic heterocycles. The van der Waals surface area contributed by atoms with E-state index < -0.39 is 0 Å². The number of fused-ring (bicyclic) bond motifs is 1. The lowest BCUT2D eigenvalue weighted by Gasteiger charge is -2.12. The van der Waals surface area contributed by atoms with Gasteiger partial charge in [-0.2, -0.15) is 0 Å². The summed E-state index contributed by atoms with van der Waals surface area (Å²) in [6.07, 6.45) is 1.85. The number of hydrogen-bond donors (Lipinski definition) is 1. The van der Waals surface area contributed by atoms with Crippen molar-refractivity contribution in [3.8, 4) is 16.9 Å². The van der Waals surface area contributed by atoms with Crippen LogP contribution in [0, 0.1) is 0 Å². The number of anilines is 1. The summed E-state index contributed by atoms with van der Waals surface area (Å²) in [5.41, 5.74) is 3.03. The van der Waals surface area contributed by atoms with Crippen molar-refractivity contribution in [1.82, 2.24) is 9.97 Å². The van der Waals surface area contributed by atoms with Gasteiger partial charge in [0.1, 0.15) is 5.75 Å². The molecule has 0 atom stereocenters. The number of methoxy groups -OCH3 is 1. The number of aromatic nitrogens is 2. The number of rotatable bonds is 4. The zero-order chi connectivity index (χ0) is 15.5. The molecule has 4 nitrogen and oxygen atoms in total. The maximum absolute atomic E-state index is 5.55. The Hall–Kier alpha value is -2.62. The van der Waals surface area contributed by atoms with Crippen molar-refractivity contribution in [3.63, 3.8) is 0 Å². The fraction of sp³-hybridized carbons (Fsp3) is 0.222. The van der Waals surface area contributed by atoms with E-state index in [-0.39, 0.29) is 0 Å². The maximum atomic E-state index is 5.55. The van der Waals surface area contributed by atoms with Crippen molar-refractivity contribution < 1.29 is 4.74 Å². The molecule has 1 N–H and O–H groups in total. The van der Waals surface area contributed by atoms with Gasteiger partial charge < -0.3 is 10.1 Å². The highest BCUT2D eigenvalue weighted by molar-refractivity contribution is 5.88. The summed E-state index contributed by atoms with van der Waals surface area (Å²) in [6, 6.07) is 14.5. The molecular weight excluding hydrogens is 274 g/mol. The van der Waals surface area contributed by atoms with E-state index in [4.69, 9.17) is 4.74 Å². The Balaban J connectivity index is 2.12. The van der Waals surface area contributed by atoms with E-state index in [0.717, 1.165) is 27.8 Å². The molecule has 0 saturated heterocycles. The van der Waals surface area contributed by atoms with Crippen molar-refractivity contribution in [1.29, 1.82) is 0 Å². The summed E-state index contributed by atoms with van der Waals surface area (Å²) < 4.78 is 5.55. The molecule has 22 heavy (non-hydrogen) atoms. The molecule has 3 rings (SSSR count). The van der Waals surface area contributed by atoms with E-state index in [0.29, 0.717) is 12.0 Å². The summed E-state index contributed by atoms with van der Waals surface area (Å²) in [6.45, 7) is 4.12. The topological polar surface area (TPSA) is 47.0 Å². The zero-order valence-corrected chi connectivity index (χ0v) is 13.0. The Morgan fingerprint density at radius 1 is 1.09 bits per heavy atom. The molecule has 0 aliphatic carbocycles. The Bertz CT molecular complexity index is 785. The number of nitrogens with one attached hydrogen (secondary N) is 1. The predicted molar refractivity (Wildman–Crippen MR) is 90.3 cm³/mol. The molecule has 0 saturated carbocycles. The van der Waals surface area contributed by atoms with Crippen molar-refractivity contribution in [2.45, 2.75) is 19.9 Å². The second kappa shape index (κ2) is 6.02. The van der Waals surface area contributed by atoms with E-state index in [1.165, 1.54) is 0 Å². The molecule has 3 aromatic rings. The first-order chi connectivity index (χ1) is 10.7. The van der Waals surface area contributed by atoms with Crippen LogP contribution in [0.25, 0.3) is 22.0 Å². The van der Waals surface area contributed by atoms with Crippen LogP contribution < -0.4 is 10.1 Å². The summed E-state index contributed by atoms with van der Waals surface area (Å²) in [4.78, 5) is 8.93. The molecule has 0 unspecified atom stereocenters. The maximum Gasteiger partial charge on any atom is 0.223 e. The fourth-order valence-corrected chi connectivity index (χ4v) is 2.40. The molecule has 1 aromatic heterocycles. The van der Waals surface area contributed by atoms with Crippen LogP contribution in [0.2, 0.25) is 0 Å². The summed E-state index contributed by atoms with van der Waals surface area (Å²) in [7, 11) is 1.68. The highest BCUT2D eigenvalue weighted by Gasteiger charge is 2.10. The first-order valence-electron chi connectivity index (χ1n) is 7.34. The largest absolute Gasteiger partial charge is 0.496 e. The van der Waals surface area contributed by atoms with Gasteiger partial charge in [-0.1, -0.05) is 30.3 Å². The third-order valence-electron chi connectivity index (χ3n) is 3.40. The van der Waals surface area contributed by atoms with Crippen LogP contribution in [0.4, 0.5) is 5.95 Å². The van der Waals surface area contributed by atoms with E-state index in [1.54, 1.807) is 7.11 Å². The molecule has 1 heterocycles. The van der Waals surface area contributed by atoms with Crippen LogP contribution in [-0.4, -0.2) is 23.1 Å². The van der Waals surface area contributed by atoms with Crippen LogP contribution in [0.3, 0.4) is 0 Å². The fourth-order valence-electron chi connectivity index (χ4n) is 2.40. The van der Waals surface area contributed by atoms with E-state index in [1.807, 2.05) is 30.5 Å². The molecule has 0 aliphatic rings. The van der Waals surface area contributed by atoms with Crippen molar-refractivity contribution in [2.75, 3.05) is 12.4 Å². The Morgan fingerprint density at radius 2 is 1.86 bits per heavy atom. The smallest absolute Gasteiger partial charge is 0.223 e. The standard InChI is InChI=1S/C18H19N3O/c1-12(2)20-18-19-11-14-9-15(13-7-5-4-6-8-13)17(22-3)10-16(14)21-18/h4-12H,1-3H3,(H,19,20,21). The van der Waals surface area contributed by atoms with Gasteiger partial charge in [0, 0.05) is 29.3 Å². The second-order valence-electron chi connectivity index (χ2n) is 5.47. The molecule has 0 amide bonds. The van der Waals surface area contributed by atoms with Crippen LogP contribution in [-0.2, 0) is 0 Å². The minimum absolute atomic E-state index is 0.294. The second-order valence-corrected chi connectivity index (χ2v) is 5.47. The highest BCUT2D eigenvalue weighted by atomic mass is 16.5. The molecule has 2 aromatic carbocycles. The minimum Gasteiger partial charge on any atom is -0.496 e. The van der Waals surface area contributed by atoms with Crippen molar-refractivity contribution in [2.24, 2.45) is 0 Å². The van der Waals surface area contributed by atoms with E-state index in [2.05, 4.69) is 47.3 Å². The van der Waals surface area contributed by atoms with Crippen LogP contribution in [0.15, 0.2) is 48.7 Å². The number of ether oxygens (including phenoxy) is 1. The molecule has 0 radical (unpaired) electrons. The monoisotopic (exact) mass is 293 g/mol. The predicted octanol–water partition coefficient (Wildman–Crippen LogP) is 4.13. The molecule has 0 spiro atoms. The lowest BCUT2D eigenvalue weighted by molar-refractivity contribution is 0.417. The van der Waals surface area contributed by atoms with Gasteiger partial charge in [0.15, 0.2) is 0 Å². The third-order valence-corrected chi connectivity index (χ3v) is 3.40. The average Bonchev–Trinajstić information content (AvgIpc) is 2.53. The van der Waals surface area contributed by atoms with Crippen LogP contribution >= 0.6 is 0 Å². The Morgan fingerprint density at radius 3 is 2.55 bits per heavy atom. The zero-order valence-electron chi connectivity index (χ0n) is 13.0. The highest BCUT2D eigenvalue weighted by Crippen LogP contribution is 2.33. The van der Waals surface area contributed by atoms with Gasteiger partial charge in [-0.05, 0) is 25.5 Å². The van der Waals surface area contributed by atoms with Gasteiger partial charge in [-0.25, -0.2) is 9.97 Å². The summed E-state index contributed by atoms with van der Waals surface area (Å²) >= 11 is 0. The minimum atomic E-state index is 0.294. The van der Waals surface area contributed by atoms with Gasteiger partial charge in [0.2, 0.25) is 5.95 Å². The summed E-state index contributed by atoms with van der Waals surface area (Å²) in [5, 5.41) is 4.21. The van der Waals surface area contributed by atoms with Gasteiger partial charge in [0.25, 0.3) is 0 Å². The SMILES string of the molecule is COc1cc2nc(NC(C)C)ncc2cc1-c1ccccc1. The number of benzene rings is 2. The Labute approximate surface area is 130 Å². The van der Waals surface area contributed by atoms with Gasteiger partial charge in [-0.3, -0.25) is 0 Å². The molecule has 0 fully saturated rings. The van der Waals surface area contributed by atoms with Crippen LogP contribution in [0.5, 0.6) is 5.75 Å². The molecule has 0 bridgehead atoms. The Kier molecular flexibility index (Phi) is 3.92. The molecular formula is C18H19N3O. The normalized spacial score (nSPS) is 10.9. The van der Waals surface area contributed by atoms with Gasteiger partial charge in [-0.15, -0.1) is 0 Å². The van der Waals surface area contributed by atoms with Gasteiger partial charge >= 0.3 is 0 Å². The lowest BCUT2D eigenvalue weighted by Crippen LogP contribution is -2.12. The van der Waals surface area contributed by atoms with E-state index >= 15 is 0 Å². The first-order valence-corrected chi connectivity index (χ1v) is 7.34. The van der Waals surface area contributed by atoms with E-state index in [9.17, 15) is 0 Å². The third kappa shape index (κ3) is 2.86. The first kappa shape index (κ1) is 14.3.